The van der Waals surface area contributed by atoms with Gasteiger partial charge in [-0.2, -0.15) is 0 Å². The van der Waals surface area contributed by atoms with E-state index in [9.17, 15) is 18.0 Å². The lowest BCUT2D eigenvalue weighted by atomic mass is 10.1. The first-order valence-corrected chi connectivity index (χ1v) is 15.3. The minimum Gasteiger partial charge on any atom is -0.493 e. The molecule has 0 saturated carbocycles. The molecule has 41 heavy (non-hydrogen) atoms. The van der Waals surface area contributed by atoms with E-state index >= 15 is 0 Å². The zero-order valence-electron chi connectivity index (χ0n) is 23.8. The lowest BCUT2D eigenvalue weighted by Crippen LogP contribution is -2.51. The number of nitrogens with one attached hydrogen (secondary N) is 1. The monoisotopic (exact) mass is 645 g/mol. The second-order valence-electron chi connectivity index (χ2n) is 9.83. The van der Waals surface area contributed by atoms with Gasteiger partial charge in [-0.1, -0.05) is 60.1 Å². The predicted octanol–water partition coefficient (Wildman–Crippen LogP) is 4.85. The number of rotatable bonds is 13. The Kier molecular flexibility index (Phi) is 11.2. The Bertz CT molecular complexity index is 1450. The molecule has 1 unspecified atom stereocenters. The predicted molar refractivity (Wildman–Crippen MR) is 163 cm³/mol. The molecule has 0 radical (unpaired) electrons. The van der Waals surface area contributed by atoms with E-state index in [1.54, 1.807) is 37.3 Å². The summed E-state index contributed by atoms with van der Waals surface area (Å²) < 4.78 is 40.5. The van der Waals surface area contributed by atoms with Crippen LogP contribution in [-0.4, -0.2) is 58.5 Å². The van der Waals surface area contributed by atoms with Crippen LogP contribution in [0.2, 0.25) is 0 Å². The molecule has 0 aliphatic heterocycles. The Balaban J connectivity index is 2.03. The van der Waals surface area contributed by atoms with Crippen LogP contribution in [0.1, 0.15) is 26.3 Å². The number of hydrogen-bond donors (Lipinski definition) is 1. The first-order chi connectivity index (χ1) is 19.5. The van der Waals surface area contributed by atoms with Crippen molar-refractivity contribution in [3.8, 4) is 11.5 Å². The van der Waals surface area contributed by atoms with E-state index < -0.39 is 28.5 Å². The van der Waals surface area contributed by atoms with Crippen molar-refractivity contribution in [1.29, 1.82) is 0 Å². The summed E-state index contributed by atoms with van der Waals surface area (Å²) in [6.45, 7) is 5.62. The minimum atomic E-state index is -4.25. The first-order valence-electron chi connectivity index (χ1n) is 13.1. The average Bonchev–Trinajstić information content (AvgIpc) is 2.96. The molecule has 0 fully saturated rings. The molecule has 2 amide bonds. The number of hydrogen-bond acceptors (Lipinski definition) is 6. The molecule has 220 valence electrons. The van der Waals surface area contributed by atoms with Gasteiger partial charge in [-0.3, -0.25) is 13.9 Å². The van der Waals surface area contributed by atoms with Crippen molar-refractivity contribution in [2.45, 2.75) is 38.3 Å². The van der Waals surface area contributed by atoms with Gasteiger partial charge in [-0.25, -0.2) is 8.42 Å². The summed E-state index contributed by atoms with van der Waals surface area (Å²) in [5.74, 6) is -0.0309. The SMILES string of the molecule is COc1ccc(S(=O)(=O)N(CC(=O)N(Cc2cccc(Br)c2)C(C)C(=O)NCC(C)C)c2ccccc2)cc1OC. The number of sulfonamides is 1. The van der Waals surface area contributed by atoms with Crippen LogP contribution >= 0.6 is 15.9 Å². The summed E-state index contributed by atoms with van der Waals surface area (Å²) in [4.78, 5) is 28.4. The smallest absolute Gasteiger partial charge is 0.264 e. The van der Waals surface area contributed by atoms with Crippen molar-refractivity contribution in [1.82, 2.24) is 10.2 Å². The maximum Gasteiger partial charge on any atom is 0.264 e. The molecule has 3 rings (SSSR count). The summed E-state index contributed by atoms with van der Waals surface area (Å²) >= 11 is 3.45. The van der Waals surface area contributed by atoms with Crippen LogP contribution in [0.4, 0.5) is 5.69 Å². The second-order valence-corrected chi connectivity index (χ2v) is 12.6. The number of carbonyl (C=O) groups is 2. The Labute approximate surface area is 250 Å². The molecule has 3 aromatic rings. The number of ether oxygens (including phenoxy) is 2. The number of nitrogens with zero attached hydrogens (tertiary/aromatic N) is 2. The van der Waals surface area contributed by atoms with E-state index in [1.165, 1.54) is 37.3 Å². The van der Waals surface area contributed by atoms with Gasteiger partial charge >= 0.3 is 0 Å². The van der Waals surface area contributed by atoms with Gasteiger partial charge in [0, 0.05) is 23.6 Å². The molecule has 0 bridgehead atoms. The third-order valence-corrected chi connectivity index (χ3v) is 8.62. The molecular formula is C30H36BrN3O6S. The Morgan fingerprint density at radius 1 is 0.902 bits per heavy atom. The normalized spacial score (nSPS) is 12.0. The Morgan fingerprint density at radius 2 is 1.59 bits per heavy atom. The molecule has 0 aliphatic carbocycles. The number of benzene rings is 3. The van der Waals surface area contributed by atoms with E-state index in [1.807, 2.05) is 38.1 Å². The van der Waals surface area contributed by atoms with Gasteiger partial charge in [0.15, 0.2) is 11.5 Å². The summed E-state index contributed by atoms with van der Waals surface area (Å²) in [6, 6.07) is 19.2. The third kappa shape index (κ3) is 8.23. The maximum absolute atomic E-state index is 14.0. The topological polar surface area (TPSA) is 105 Å². The van der Waals surface area contributed by atoms with Crippen molar-refractivity contribution in [3.63, 3.8) is 0 Å². The molecule has 1 N–H and O–H groups in total. The van der Waals surface area contributed by atoms with E-state index in [0.29, 0.717) is 18.0 Å². The quantitative estimate of drug-likeness (QED) is 0.285. The highest BCUT2D eigenvalue weighted by Gasteiger charge is 2.33. The molecule has 0 spiro atoms. The van der Waals surface area contributed by atoms with Crippen molar-refractivity contribution >= 4 is 43.5 Å². The number of carbonyl (C=O) groups excluding carboxylic acids is 2. The van der Waals surface area contributed by atoms with Gasteiger partial charge in [-0.05, 0) is 54.8 Å². The maximum atomic E-state index is 14.0. The molecule has 11 heteroatoms. The lowest BCUT2D eigenvalue weighted by molar-refractivity contribution is -0.139. The van der Waals surface area contributed by atoms with Crippen molar-refractivity contribution in [3.05, 3.63) is 82.8 Å². The van der Waals surface area contributed by atoms with Gasteiger partial charge in [0.05, 0.1) is 24.8 Å². The van der Waals surface area contributed by atoms with Gasteiger partial charge in [-0.15, -0.1) is 0 Å². The minimum absolute atomic E-state index is 0.0759. The Hall–Kier alpha value is -3.57. The number of methoxy groups -OCH3 is 2. The van der Waals surface area contributed by atoms with E-state index in [4.69, 9.17) is 9.47 Å². The van der Waals surface area contributed by atoms with Gasteiger partial charge < -0.3 is 19.7 Å². The molecule has 1 atom stereocenters. The van der Waals surface area contributed by atoms with Crippen LogP contribution < -0.4 is 19.1 Å². The van der Waals surface area contributed by atoms with Crippen LogP contribution in [0.15, 0.2) is 82.2 Å². The van der Waals surface area contributed by atoms with Crippen LogP contribution in [0.3, 0.4) is 0 Å². The van der Waals surface area contributed by atoms with Gasteiger partial charge in [0.25, 0.3) is 10.0 Å². The largest absolute Gasteiger partial charge is 0.493 e. The van der Waals surface area contributed by atoms with Crippen molar-refractivity contribution < 1.29 is 27.5 Å². The number of halogens is 1. The van der Waals surface area contributed by atoms with Crippen LogP contribution in [0.5, 0.6) is 11.5 Å². The van der Waals surface area contributed by atoms with Crippen LogP contribution in [0.25, 0.3) is 0 Å². The Morgan fingerprint density at radius 3 is 2.20 bits per heavy atom. The number of anilines is 1. The highest BCUT2D eigenvalue weighted by atomic mass is 79.9. The van der Waals surface area contributed by atoms with Crippen molar-refractivity contribution in [2.75, 3.05) is 31.6 Å². The standard InChI is InChI=1S/C30H36BrN3O6S/c1-21(2)18-32-30(36)22(3)33(19-23-10-9-11-24(31)16-23)29(35)20-34(25-12-7-6-8-13-25)41(37,38)26-14-15-27(39-4)28(17-26)40-5/h6-17,21-22H,18-20H2,1-5H3,(H,32,36). The molecule has 0 heterocycles. The average molecular weight is 647 g/mol. The summed E-state index contributed by atoms with van der Waals surface area (Å²) in [7, 11) is -1.37. The fourth-order valence-corrected chi connectivity index (χ4v) is 5.97. The first kappa shape index (κ1) is 32.0. The molecular weight excluding hydrogens is 610 g/mol. The van der Waals surface area contributed by atoms with Crippen molar-refractivity contribution in [2.24, 2.45) is 5.92 Å². The van der Waals surface area contributed by atoms with E-state index in [-0.39, 0.29) is 29.0 Å². The summed E-state index contributed by atoms with van der Waals surface area (Å²) in [5.41, 5.74) is 1.08. The molecule has 0 saturated heterocycles. The molecule has 3 aromatic carbocycles. The second kappa shape index (κ2) is 14.4. The van der Waals surface area contributed by atoms with E-state index in [2.05, 4.69) is 21.2 Å². The number of amides is 2. The van der Waals surface area contributed by atoms with Gasteiger partial charge in [0.2, 0.25) is 11.8 Å². The molecule has 0 aliphatic rings. The highest BCUT2D eigenvalue weighted by molar-refractivity contribution is 9.10. The number of para-hydroxylation sites is 1. The van der Waals surface area contributed by atoms with E-state index in [0.717, 1.165) is 14.3 Å². The lowest BCUT2D eigenvalue weighted by Gasteiger charge is -2.32. The molecule has 0 aromatic heterocycles. The van der Waals surface area contributed by atoms with Crippen LogP contribution in [0, 0.1) is 5.92 Å². The summed E-state index contributed by atoms with van der Waals surface area (Å²) in [5, 5.41) is 2.88. The summed E-state index contributed by atoms with van der Waals surface area (Å²) in [6.07, 6.45) is 0. The fourth-order valence-electron chi connectivity index (χ4n) is 4.09. The van der Waals surface area contributed by atoms with Gasteiger partial charge in [0.1, 0.15) is 12.6 Å². The third-order valence-electron chi connectivity index (χ3n) is 6.36. The molecule has 9 nitrogen and oxygen atoms in total. The van der Waals surface area contributed by atoms with Crippen LogP contribution in [-0.2, 0) is 26.2 Å². The highest BCUT2D eigenvalue weighted by Crippen LogP contribution is 2.32. The fraction of sp³-hybridized carbons (Fsp3) is 0.333. The zero-order chi connectivity index (χ0) is 30.2. The zero-order valence-corrected chi connectivity index (χ0v) is 26.2.